The Morgan fingerprint density at radius 2 is 2.00 bits per heavy atom. The highest BCUT2D eigenvalue weighted by atomic mass is 35.5. The van der Waals surface area contributed by atoms with Crippen molar-refractivity contribution < 1.29 is 14.7 Å². The second kappa shape index (κ2) is 6.97. The standard InChI is InChI=1S/C21H21ClN2O3/c22-18-11-23-9-7-17(18)19(25)24-12-16-10-15(14-4-2-1-3-5-14)6-8-21(16,13-24)20(26)27/h1-5,7,9,11,15-16H,6,8,10,12-13H2,(H,26,27)/t15-,16-,21-/m0/s1. The van der Waals surface area contributed by atoms with Crippen molar-refractivity contribution in [2.75, 3.05) is 13.1 Å². The van der Waals surface area contributed by atoms with Crippen LogP contribution >= 0.6 is 11.6 Å². The molecule has 0 radical (unpaired) electrons. The fourth-order valence-electron chi connectivity index (χ4n) is 4.70. The van der Waals surface area contributed by atoms with Gasteiger partial charge in [-0.15, -0.1) is 0 Å². The molecule has 1 aliphatic heterocycles. The Labute approximate surface area is 163 Å². The van der Waals surface area contributed by atoms with E-state index in [0.29, 0.717) is 29.5 Å². The van der Waals surface area contributed by atoms with Gasteiger partial charge in [0.2, 0.25) is 0 Å². The van der Waals surface area contributed by atoms with Crippen LogP contribution in [0.4, 0.5) is 0 Å². The molecule has 27 heavy (non-hydrogen) atoms. The summed E-state index contributed by atoms with van der Waals surface area (Å²) in [5.41, 5.74) is 0.768. The van der Waals surface area contributed by atoms with E-state index in [-0.39, 0.29) is 18.4 Å². The fraction of sp³-hybridized carbons (Fsp3) is 0.381. The summed E-state index contributed by atoms with van der Waals surface area (Å²) in [5, 5.41) is 10.3. The molecule has 0 bridgehead atoms. The van der Waals surface area contributed by atoms with Crippen molar-refractivity contribution in [1.82, 2.24) is 9.88 Å². The van der Waals surface area contributed by atoms with E-state index >= 15 is 0 Å². The number of fused-ring (bicyclic) bond motifs is 1. The van der Waals surface area contributed by atoms with Gasteiger partial charge in [0, 0.05) is 25.5 Å². The highest BCUT2D eigenvalue weighted by molar-refractivity contribution is 6.33. The average molecular weight is 385 g/mol. The minimum atomic E-state index is -0.861. The van der Waals surface area contributed by atoms with Crippen LogP contribution in [0, 0.1) is 11.3 Å². The lowest BCUT2D eigenvalue weighted by atomic mass is 9.64. The minimum absolute atomic E-state index is 0.0569. The van der Waals surface area contributed by atoms with Crippen molar-refractivity contribution in [2.24, 2.45) is 11.3 Å². The predicted octanol–water partition coefficient (Wildman–Crippen LogP) is 3.85. The topological polar surface area (TPSA) is 70.5 Å². The SMILES string of the molecule is O=C(c1ccncc1Cl)N1C[C@@H]2C[C@@H](c3ccccc3)CC[C@]2(C(=O)O)C1. The molecule has 1 saturated carbocycles. The number of halogens is 1. The summed E-state index contributed by atoms with van der Waals surface area (Å²) < 4.78 is 0. The zero-order valence-corrected chi connectivity index (χ0v) is 15.6. The number of pyridine rings is 1. The number of benzene rings is 1. The van der Waals surface area contributed by atoms with Crippen LogP contribution in [0.1, 0.15) is 41.1 Å². The molecule has 140 valence electrons. The third-order valence-corrected chi connectivity index (χ3v) is 6.49. The lowest BCUT2D eigenvalue weighted by molar-refractivity contribution is -0.152. The van der Waals surface area contributed by atoms with Gasteiger partial charge >= 0.3 is 5.97 Å². The van der Waals surface area contributed by atoms with Crippen LogP contribution in [-0.4, -0.2) is 40.0 Å². The number of amides is 1. The van der Waals surface area contributed by atoms with Gasteiger partial charge in [0.15, 0.2) is 0 Å². The minimum Gasteiger partial charge on any atom is -0.481 e. The van der Waals surface area contributed by atoms with E-state index in [1.165, 1.54) is 18.0 Å². The molecular weight excluding hydrogens is 364 g/mol. The maximum absolute atomic E-state index is 12.9. The quantitative estimate of drug-likeness (QED) is 0.872. The van der Waals surface area contributed by atoms with E-state index in [0.717, 1.165) is 12.8 Å². The van der Waals surface area contributed by atoms with Crippen LogP contribution in [0.25, 0.3) is 0 Å². The van der Waals surface area contributed by atoms with E-state index in [4.69, 9.17) is 11.6 Å². The number of carbonyl (C=O) groups is 2. The van der Waals surface area contributed by atoms with Gasteiger partial charge in [0.1, 0.15) is 0 Å². The molecule has 1 aliphatic carbocycles. The number of aliphatic carboxylic acids is 1. The summed E-state index contributed by atoms with van der Waals surface area (Å²) in [7, 11) is 0. The molecule has 6 heteroatoms. The van der Waals surface area contributed by atoms with Gasteiger partial charge in [-0.2, -0.15) is 0 Å². The van der Waals surface area contributed by atoms with Crippen LogP contribution in [0.15, 0.2) is 48.8 Å². The molecule has 1 saturated heterocycles. The van der Waals surface area contributed by atoms with Gasteiger partial charge in [-0.05, 0) is 42.7 Å². The van der Waals surface area contributed by atoms with Crippen molar-refractivity contribution in [3.05, 3.63) is 64.9 Å². The number of hydrogen-bond donors (Lipinski definition) is 1. The van der Waals surface area contributed by atoms with Crippen molar-refractivity contribution >= 4 is 23.5 Å². The first-order chi connectivity index (χ1) is 13.0. The first kappa shape index (κ1) is 18.0. The first-order valence-corrected chi connectivity index (χ1v) is 9.56. The average Bonchev–Trinajstić information content (AvgIpc) is 3.09. The lowest BCUT2D eigenvalue weighted by Gasteiger charge is -2.38. The Balaban J connectivity index is 1.59. The molecule has 0 unspecified atom stereocenters. The summed E-state index contributed by atoms with van der Waals surface area (Å²) in [6.07, 6.45) is 5.16. The maximum Gasteiger partial charge on any atom is 0.311 e. The molecule has 4 rings (SSSR count). The third kappa shape index (κ3) is 3.10. The Morgan fingerprint density at radius 3 is 2.70 bits per heavy atom. The van der Waals surface area contributed by atoms with Crippen LogP contribution in [0.5, 0.6) is 0 Å². The Kier molecular flexibility index (Phi) is 4.64. The van der Waals surface area contributed by atoms with Gasteiger partial charge < -0.3 is 10.0 Å². The summed E-state index contributed by atoms with van der Waals surface area (Å²) in [4.78, 5) is 30.7. The number of carboxylic acid groups (broad SMARTS) is 1. The zero-order valence-electron chi connectivity index (χ0n) is 14.8. The number of likely N-dealkylation sites (tertiary alicyclic amines) is 1. The summed E-state index contributed by atoms with van der Waals surface area (Å²) in [5.74, 6) is -0.731. The second-order valence-electron chi connectivity index (χ2n) is 7.58. The van der Waals surface area contributed by atoms with Gasteiger partial charge in [0.25, 0.3) is 5.91 Å². The van der Waals surface area contributed by atoms with E-state index in [1.807, 2.05) is 18.2 Å². The lowest BCUT2D eigenvalue weighted by Crippen LogP contribution is -2.43. The molecule has 1 aromatic heterocycles. The number of hydrogen-bond acceptors (Lipinski definition) is 3. The van der Waals surface area contributed by atoms with Crippen LogP contribution < -0.4 is 0 Å². The molecule has 1 amide bonds. The molecule has 3 atom stereocenters. The first-order valence-electron chi connectivity index (χ1n) is 9.18. The predicted molar refractivity (Wildman–Crippen MR) is 102 cm³/mol. The Morgan fingerprint density at radius 1 is 1.22 bits per heavy atom. The summed E-state index contributed by atoms with van der Waals surface area (Å²) in [6.45, 7) is 0.694. The molecule has 0 spiro atoms. The molecule has 5 nitrogen and oxygen atoms in total. The highest BCUT2D eigenvalue weighted by Gasteiger charge is 2.56. The number of rotatable bonds is 3. The number of carboxylic acids is 1. The fourth-order valence-corrected chi connectivity index (χ4v) is 4.90. The van der Waals surface area contributed by atoms with E-state index in [2.05, 4.69) is 17.1 Å². The zero-order chi connectivity index (χ0) is 19.0. The summed E-state index contributed by atoms with van der Waals surface area (Å²) >= 11 is 6.12. The molecular formula is C21H21ClN2O3. The Bertz CT molecular complexity index is 873. The number of nitrogens with zero attached hydrogens (tertiary/aromatic N) is 2. The molecule has 1 aromatic carbocycles. The van der Waals surface area contributed by atoms with Gasteiger partial charge in [-0.3, -0.25) is 14.6 Å². The van der Waals surface area contributed by atoms with Gasteiger partial charge in [-0.1, -0.05) is 41.9 Å². The number of aromatic nitrogens is 1. The highest BCUT2D eigenvalue weighted by Crippen LogP contribution is 2.51. The molecule has 1 N–H and O–H groups in total. The van der Waals surface area contributed by atoms with E-state index in [1.54, 1.807) is 11.0 Å². The normalized spacial score (nSPS) is 27.2. The van der Waals surface area contributed by atoms with E-state index in [9.17, 15) is 14.7 Å². The maximum atomic E-state index is 12.9. The molecule has 2 aromatic rings. The van der Waals surface area contributed by atoms with Crippen LogP contribution in [0.3, 0.4) is 0 Å². The van der Waals surface area contributed by atoms with Gasteiger partial charge in [-0.25, -0.2) is 0 Å². The van der Waals surface area contributed by atoms with Crippen molar-refractivity contribution in [2.45, 2.75) is 25.2 Å². The summed E-state index contributed by atoms with van der Waals surface area (Å²) in [6, 6.07) is 11.8. The molecule has 2 heterocycles. The van der Waals surface area contributed by atoms with Crippen molar-refractivity contribution in [3.8, 4) is 0 Å². The van der Waals surface area contributed by atoms with Gasteiger partial charge in [0.05, 0.1) is 16.0 Å². The molecule has 2 fully saturated rings. The Hall–Kier alpha value is -2.40. The van der Waals surface area contributed by atoms with Crippen LogP contribution in [-0.2, 0) is 4.79 Å². The largest absolute Gasteiger partial charge is 0.481 e. The molecule has 2 aliphatic rings. The van der Waals surface area contributed by atoms with E-state index < -0.39 is 11.4 Å². The van der Waals surface area contributed by atoms with Crippen molar-refractivity contribution in [3.63, 3.8) is 0 Å². The van der Waals surface area contributed by atoms with Crippen LogP contribution in [0.2, 0.25) is 5.02 Å². The smallest absolute Gasteiger partial charge is 0.311 e. The second-order valence-corrected chi connectivity index (χ2v) is 7.99. The number of carbonyl (C=O) groups excluding carboxylic acids is 1. The third-order valence-electron chi connectivity index (χ3n) is 6.19. The monoisotopic (exact) mass is 384 g/mol. The van der Waals surface area contributed by atoms with Crippen molar-refractivity contribution in [1.29, 1.82) is 0 Å².